The maximum Gasteiger partial charge on any atom is 0.251 e. The number of benzene rings is 2. The molecular formula is C24H20Cl2N4O2S. The number of hydrogen-bond donors (Lipinski definition) is 1. The zero-order chi connectivity index (χ0) is 22.5. The summed E-state index contributed by atoms with van der Waals surface area (Å²) in [5.41, 5.74) is 1.39. The Kier molecular flexibility index (Phi) is 4.16. The molecule has 0 unspecified atom stereocenters. The predicted molar refractivity (Wildman–Crippen MR) is 130 cm³/mol. The molecule has 2 spiro atoms. The van der Waals surface area contributed by atoms with Crippen molar-refractivity contribution in [2.45, 2.75) is 35.1 Å². The van der Waals surface area contributed by atoms with Gasteiger partial charge in [0.15, 0.2) is 10.7 Å². The van der Waals surface area contributed by atoms with E-state index in [-0.39, 0.29) is 23.8 Å². The lowest BCUT2D eigenvalue weighted by Crippen LogP contribution is -2.62. The van der Waals surface area contributed by atoms with Crippen molar-refractivity contribution in [3.63, 3.8) is 0 Å². The fraction of sp³-hybridized carbons (Fsp3) is 0.375. The van der Waals surface area contributed by atoms with Crippen LogP contribution in [0, 0.1) is 0 Å². The number of hydrogen-bond acceptors (Lipinski definition) is 5. The fourth-order valence-electron chi connectivity index (χ4n) is 6.86. The van der Waals surface area contributed by atoms with Crippen molar-refractivity contribution >= 4 is 57.6 Å². The summed E-state index contributed by atoms with van der Waals surface area (Å²) in [6.07, 6.45) is 1.85. The van der Waals surface area contributed by atoms with Crippen LogP contribution in [0.4, 0.5) is 5.69 Å². The number of halogens is 2. The maximum atomic E-state index is 14.5. The molecule has 9 heteroatoms. The second kappa shape index (κ2) is 6.75. The summed E-state index contributed by atoms with van der Waals surface area (Å²) in [7, 11) is 0. The highest BCUT2D eigenvalue weighted by atomic mass is 35.5. The highest BCUT2D eigenvalue weighted by Gasteiger charge is 2.81. The minimum Gasteiger partial charge on any atom is -0.324 e. The number of para-hydroxylation sites is 1. The van der Waals surface area contributed by atoms with Crippen LogP contribution in [0.15, 0.2) is 47.5 Å². The number of anilines is 1. The van der Waals surface area contributed by atoms with E-state index in [0.29, 0.717) is 28.3 Å². The van der Waals surface area contributed by atoms with Crippen LogP contribution in [-0.4, -0.2) is 57.2 Å². The molecule has 6 nitrogen and oxygen atoms in total. The zero-order valence-electron chi connectivity index (χ0n) is 17.6. The van der Waals surface area contributed by atoms with Crippen LogP contribution >= 0.6 is 35.0 Å². The average Bonchev–Trinajstić information content (AvgIpc) is 3.57. The monoisotopic (exact) mass is 498 g/mol. The van der Waals surface area contributed by atoms with Gasteiger partial charge < -0.3 is 5.32 Å². The lowest BCUT2D eigenvalue weighted by Gasteiger charge is -2.42. The molecule has 2 amide bonds. The van der Waals surface area contributed by atoms with Gasteiger partial charge in [-0.15, -0.1) is 0 Å². The minimum absolute atomic E-state index is 0.00217. The first-order chi connectivity index (χ1) is 16.0. The van der Waals surface area contributed by atoms with Crippen molar-refractivity contribution in [2.75, 3.05) is 25.0 Å². The quantitative estimate of drug-likeness (QED) is 0.642. The van der Waals surface area contributed by atoms with Crippen LogP contribution in [0.3, 0.4) is 0 Å². The lowest BCUT2D eigenvalue weighted by atomic mass is 9.70. The molecule has 3 saturated heterocycles. The number of thioether (sulfide) groups is 1. The first-order valence-corrected chi connectivity index (χ1v) is 12.8. The van der Waals surface area contributed by atoms with Gasteiger partial charge in [-0.25, -0.2) is 0 Å². The van der Waals surface area contributed by atoms with Gasteiger partial charge in [-0.05, 0) is 43.1 Å². The zero-order valence-corrected chi connectivity index (χ0v) is 19.9. The molecular weight excluding hydrogens is 479 g/mol. The molecule has 1 N–H and O–H groups in total. The van der Waals surface area contributed by atoms with Gasteiger partial charge in [-0.2, -0.15) is 0 Å². The summed E-state index contributed by atoms with van der Waals surface area (Å²) in [6, 6.07) is 13.3. The minimum atomic E-state index is -1.13. The Labute approximate surface area is 205 Å². The third-order valence-corrected chi connectivity index (χ3v) is 10.0. The summed E-state index contributed by atoms with van der Waals surface area (Å²) in [5, 5.41) is 4.91. The van der Waals surface area contributed by atoms with Gasteiger partial charge in [0.05, 0.1) is 6.54 Å². The molecule has 0 aliphatic carbocycles. The Bertz CT molecular complexity index is 1280. The van der Waals surface area contributed by atoms with Crippen molar-refractivity contribution < 1.29 is 9.59 Å². The summed E-state index contributed by atoms with van der Waals surface area (Å²) in [6.45, 7) is 1.89. The van der Waals surface area contributed by atoms with Gasteiger partial charge in [0.1, 0.15) is 4.75 Å². The van der Waals surface area contributed by atoms with Crippen LogP contribution in [0.25, 0.3) is 0 Å². The highest BCUT2D eigenvalue weighted by molar-refractivity contribution is 8.16. The van der Waals surface area contributed by atoms with Crippen LogP contribution < -0.4 is 5.32 Å². The van der Waals surface area contributed by atoms with E-state index in [0.717, 1.165) is 36.2 Å². The van der Waals surface area contributed by atoms with Gasteiger partial charge in [0, 0.05) is 39.8 Å². The van der Waals surface area contributed by atoms with Crippen molar-refractivity contribution in [1.82, 2.24) is 9.80 Å². The molecule has 4 atom stereocenters. The second-order valence-electron chi connectivity index (χ2n) is 9.22. The molecule has 5 aliphatic rings. The molecule has 0 radical (unpaired) electrons. The number of amidine groups is 1. The Hall–Kier alpha value is -2.06. The highest BCUT2D eigenvalue weighted by Crippen LogP contribution is 2.70. The predicted octanol–water partition coefficient (Wildman–Crippen LogP) is 4.09. The molecule has 33 heavy (non-hydrogen) atoms. The van der Waals surface area contributed by atoms with Gasteiger partial charge in [-0.1, -0.05) is 59.2 Å². The van der Waals surface area contributed by atoms with Crippen molar-refractivity contribution in [1.29, 1.82) is 0 Å². The molecule has 5 aliphatic heterocycles. The molecule has 0 aromatic heterocycles. The number of carbonyl (C=O) groups excluding carboxylic acids is 2. The Balaban J connectivity index is 1.58. The normalized spacial score (nSPS) is 34.2. The fourth-order valence-corrected chi connectivity index (χ4v) is 9.19. The Morgan fingerprint density at radius 2 is 1.97 bits per heavy atom. The van der Waals surface area contributed by atoms with E-state index in [1.165, 1.54) is 11.8 Å². The first kappa shape index (κ1) is 20.3. The number of carbonyl (C=O) groups is 2. The number of aliphatic imine (C=N–C) groups is 1. The number of amides is 2. The van der Waals surface area contributed by atoms with Crippen molar-refractivity contribution in [3.05, 3.63) is 63.6 Å². The third kappa shape index (κ3) is 2.25. The van der Waals surface area contributed by atoms with E-state index >= 15 is 0 Å². The first-order valence-electron chi connectivity index (χ1n) is 11.2. The largest absolute Gasteiger partial charge is 0.324 e. The topological polar surface area (TPSA) is 65.0 Å². The number of nitrogens with zero attached hydrogens (tertiary/aromatic N) is 3. The van der Waals surface area contributed by atoms with Gasteiger partial charge in [0.25, 0.3) is 5.91 Å². The SMILES string of the molecule is O=C1N2CCN=C2S[C@@]12[C@H](c1ccc(Cl)cc1Cl)[C@H]1CCCN1[C@]21C(=O)Nc2ccccc21. The molecule has 3 fully saturated rings. The second-order valence-corrected chi connectivity index (χ2v) is 11.3. The van der Waals surface area contributed by atoms with Crippen molar-refractivity contribution in [2.24, 2.45) is 4.99 Å². The number of fused-ring (bicyclic) bond motifs is 6. The summed E-state index contributed by atoms with van der Waals surface area (Å²) in [5.74, 6) is -0.459. The van der Waals surface area contributed by atoms with E-state index in [4.69, 9.17) is 23.2 Å². The molecule has 5 heterocycles. The average molecular weight is 499 g/mol. The van der Waals surface area contributed by atoms with E-state index in [1.807, 2.05) is 36.4 Å². The summed E-state index contributed by atoms with van der Waals surface area (Å²) < 4.78 is -1.11. The van der Waals surface area contributed by atoms with E-state index in [2.05, 4.69) is 15.2 Å². The smallest absolute Gasteiger partial charge is 0.251 e. The molecule has 7 rings (SSSR count). The standard InChI is InChI=1S/C24H20Cl2N4O2S/c25-13-7-8-14(16(26)12-13)19-18-6-3-10-30(18)23(15-4-1-2-5-17(15)28-20(23)31)24(19)21(32)29-11-9-27-22(29)33-24/h1-2,4-5,7-8,12,18-19H,3,6,9-11H2,(H,28,31)/t18-,19-,23-,24+/m1/s1. The molecule has 0 bridgehead atoms. The van der Waals surface area contributed by atoms with E-state index in [9.17, 15) is 9.59 Å². The third-order valence-electron chi connectivity index (χ3n) is 7.90. The summed E-state index contributed by atoms with van der Waals surface area (Å²) in [4.78, 5) is 37.3. The van der Waals surface area contributed by atoms with Crippen LogP contribution in [0.5, 0.6) is 0 Å². The molecule has 0 saturated carbocycles. The van der Waals surface area contributed by atoms with Gasteiger partial charge >= 0.3 is 0 Å². The van der Waals surface area contributed by atoms with Crippen LogP contribution in [-0.2, 0) is 15.1 Å². The van der Waals surface area contributed by atoms with Crippen molar-refractivity contribution in [3.8, 4) is 0 Å². The Morgan fingerprint density at radius 3 is 2.79 bits per heavy atom. The summed E-state index contributed by atoms with van der Waals surface area (Å²) >= 11 is 14.5. The van der Waals surface area contributed by atoms with E-state index in [1.54, 1.807) is 11.0 Å². The Morgan fingerprint density at radius 1 is 1.12 bits per heavy atom. The molecule has 2 aromatic carbocycles. The lowest BCUT2D eigenvalue weighted by molar-refractivity contribution is -0.138. The number of rotatable bonds is 1. The van der Waals surface area contributed by atoms with Crippen LogP contribution in [0.1, 0.15) is 29.9 Å². The maximum absolute atomic E-state index is 14.5. The number of nitrogens with one attached hydrogen (secondary N) is 1. The van der Waals surface area contributed by atoms with E-state index < -0.39 is 10.3 Å². The van der Waals surface area contributed by atoms with Crippen LogP contribution in [0.2, 0.25) is 10.0 Å². The molecule has 2 aromatic rings. The van der Waals surface area contributed by atoms with Gasteiger partial charge in [0.2, 0.25) is 5.91 Å². The molecule has 168 valence electrons. The van der Waals surface area contributed by atoms with Gasteiger partial charge in [-0.3, -0.25) is 24.4 Å².